The first-order chi connectivity index (χ1) is 13.0. The van der Waals surface area contributed by atoms with E-state index in [0.717, 1.165) is 17.5 Å². The molecule has 0 saturated heterocycles. The van der Waals surface area contributed by atoms with Gasteiger partial charge in [0.15, 0.2) is 6.54 Å². The number of nitrogens with one attached hydrogen (secondary N) is 2. The SMILES string of the molecule is CC(C)[C@H]([NH2+]CC(=O)NCCc1c[nH]c2ccccc12)c1ccc(F)cc1. The van der Waals surface area contributed by atoms with Gasteiger partial charge in [-0.3, -0.25) is 4.79 Å². The van der Waals surface area contributed by atoms with Crippen LogP contribution in [0.1, 0.15) is 31.0 Å². The van der Waals surface area contributed by atoms with E-state index in [1.807, 2.05) is 29.7 Å². The van der Waals surface area contributed by atoms with Crippen LogP contribution in [0.5, 0.6) is 0 Å². The number of rotatable bonds is 8. The lowest BCUT2D eigenvalue weighted by molar-refractivity contribution is -0.692. The van der Waals surface area contributed by atoms with Crippen molar-refractivity contribution in [1.29, 1.82) is 0 Å². The van der Waals surface area contributed by atoms with Crippen LogP contribution in [0.2, 0.25) is 0 Å². The molecule has 1 amide bonds. The highest BCUT2D eigenvalue weighted by Crippen LogP contribution is 2.18. The van der Waals surface area contributed by atoms with Gasteiger partial charge in [0.25, 0.3) is 5.91 Å². The molecule has 0 saturated carbocycles. The molecule has 3 aromatic rings. The normalized spacial score (nSPS) is 12.4. The minimum atomic E-state index is -0.240. The van der Waals surface area contributed by atoms with Crippen LogP contribution in [0.15, 0.2) is 54.7 Å². The zero-order chi connectivity index (χ0) is 19.2. The molecule has 4 nitrogen and oxygen atoms in total. The Balaban J connectivity index is 1.49. The Kier molecular flexibility index (Phi) is 6.24. The number of hydrogen-bond acceptors (Lipinski definition) is 1. The van der Waals surface area contributed by atoms with E-state index in [1.165, 1.54) is 23.1 Å². The Bertz CT molecular complexity index is 886. The van der Waals surface area contributed by atoms with Crippen molar-refractivity contribution in [2.45, 2.75) is 26.3 Å². The number of halogens is 1. The van der Waals surface area contributed by atoms with E-state index >= 15 is 0 Å². The molecular formula is C22H27FN3O+. The van der Waals surface area contributed by atoms with Gasteiger partial charge in [-0.05, 0) is 30.2 Å². The molecule has 0 radical (unpaired) electrons. The van der Waals surface area contributed by atoms with Crippen molar-refractivity contribution in [1.82, 2.24) is 10.3 Å². The summed E-state index contributed by atoms with van der Waals surface area (Å²) in [6.07, 6.45) is 2.80. The summed E-state index contributed by atoms with van der Waals surface area (Å²) in [7, 11) is 0. The second-order valence-electron chi connectivity index (χ2n) is 7.22. The number of fused-ring (bicyclic) bond motifs is 1. The first kappa shape index (κ1) is 19.1. The lowest BCUT2D eigenvalue weighted by atomic mass is 9.96. The molecule has 3 rings (SSSR count). The number of aromatic nitrogens is 1. The summed E-state index contributed by atoms with van der Waals surface area (Å²) in [6, 6.07) is 14.8. The average Bonchev–Trinajstić information content (AvgIpc) is 3.06. The zero-order valence-corrected chi connectivity index (χ0v) is 15.8. The number of carbonyl (C=O) groups is 1. The third-order valence-electron chi connectivity index (χ3n) is 4.92. The van der Waals surface area contributed by atoms with Crippen molar-refractivity contribution < 1.29 is 14.5 Å². The average molecular weight is 368 g/mol. The number of quaternary nitrogens is 1. The number of aromatic amines is 1. The second kappa shape index (κ2) is 8.82. The molecule has 0 spiro atoms. The van der Waals surface area contributed by atoms with Crippen molar-refractivity contribution in [3.8, 4) is 0 Å². The standard InChI is InChI=1S/C22H26FN3O/c1-15(2)22(16-7-9-18(23)10-8-16)26-14-21(27)24-12-11-17-13-25-20-6-4-3-5-19(17)20/h3-10,13,15,22,25-26H,11-12,14H2,1-2H3,(H,24,27)/p+1/t22-/m0/s1. The van der Waals surface area contributed by atoms with Gasteiger partial charge in [0, 0.05) is 35.1 Å². The van der Waals surface area contributed by atoms with Crippen molar-refractivity contribution in [2.24, 2.45) is 5.92 Å². The molecule has 1 heterocycles. The van der Waals surface area contributed by atoms with Crippen molar-refractivity contribution >= 4 is 16.8 Å². The maximum Gasteiger partial charge on any atom is 0.275 e. The Morgan fingerprint density at radius 1 is 1.15 bits per heavy atom. The van der Waals surface area contributed by atoms with E-state index < -0.39 is 0 Å². The number of para-hydroxylation sites is 1. The van der Waals surface area contributed by atoms with Gasteiger partial charge >= 0.3 is 0 Å². The van der Waals surface area contributed by atoms with Crippen LogP contribution in [0.4, 0.5) is 4.39 Å². The smallest absolute Gasteiger partial charge is 0.275 e. The molecule has 27 heavy (non-hydrogen) atoms. The minimum Gasteiger partial charge on any atom is -0.361 e. The first-order valence-electron chi connectivity index (χ1n) is 9.45. The molecule has 0 fully saturated rings. The van der Waals surface area contributed by atoms with Crippen LogP contribution in [-0.2, 0) is 11.2 Å². The summed E-state index contributed by atoms with van der Waals surface area (Å²) in [5.74, 6) is 0.119. The Hall–Kier alpha value is -2.66. The molecule has 1 atom stereocenters. The third kappa shape index (κ3) is 4.95. The first-order valence-corrected chi connectivity index (χ1v) is 9.45. The van der Waals surface area contributed by atoms with Crippen LogP contribution in [0, 0.1) is 11.7 Å². The summed E-state index contributed by atoms with van der Waals surface area (Å²) in [5.41, 5.74) is 3.37. The van der Waals surface area contributed by atoms with E-state index in [2.05, 4.69) is 30.2 Å². The molecule has 0 bridgehead atoms. The summed E-state index contributed by atoms with van der Waals surface area (Å²) >= 11 is 0. The number of nitrogens with two attached hydrogens (primary N) is 1. The van der Waals surface area contributed by atoms with Crippen molar-refractivity contribution in [3.63, 3.8) is 0 Å². The van der Waals surface area contributed by atoms with E-state index in [1.54, 1.807) is 12.1 Å². The number of hydrogen-bond donors (Lipinski definition) is 3. The fourth-order valence-electron chi connectivity index (χ4n) is 3.46. The van der Waals surface area contributed by atoms with Crippen LogP contribution < -0.4 is 10.6 Å². The topological polar surface area (TPSA) is 61.5 Å². The van der Waals surface area contributed by atoms with Crippen LogP contribution in [0.3, 0.4) is 0 Å². The molecule has 0 aliphatic rings. The van der Waals surface area contributed by atoms with Gasteiger partial charge in [0.05, 0.1) is 0 Å². The molecule has 2 aromatic carbocycles. The van der Waals surface area contributed by atoms with Gasteiger partial charge in [0.2, 0.25) is 0 Å². The summed E-state index contributed by atoms with van der Waals surface area (Å²) in [4.78, 5) is 15.5. The highest BCUT2D eigenvalue weighted by atomic mass is 19.1. The predicted octanol–water partition coefficient (Wildman–Crippen LogP) is 2.93. The van der Waals surface area contributed by atoms with E-state index in [0.29, 0.717) is 19.0 Å². The summed E-state index contributed by atoms with van der Waals surface area (Å²) < 4.78 is 13.1. The largest absolute Gasteiger partial charge is 0.361 e. The van der Waals surface area contributed by atoms with Gasteiger partial charge in [-0.2, -0.15) is 0 Å². The molecular weight excluding hydrogens is 341 g/mol. The van der Waals surface area contributed by atoms with Crippen molar-refractivity contribution in [2.75, 3.05) is 13.1 Å². The minimum absolute atomic E-state index is 0.0163. The number of amides is 1. The van der Waals surface area contributed by atoms with E-state index in [-0.39, 0.29) is 17.8 Å². The molecule has 0 aliphatic heterocycles. The summed E-state index contributed by atoms with van der Waals surface area (Å²) in [6.45, 7) is 5.18. The number of carbonyl (C=O) groups excluding carboxylic acids is 1. The monoisotopic (exact) mass is 368 g/mol. The molecule has 142 valence electrons. The Morgan fingerprint density at radius 3 is 2.63 bits per heavy atom. The number of benzene rings is 2. The highest BCUT2D eigenvalue weighted by molar-refractivity contribution is 5.83. The maximum absolute atomic E-state index is 13.1. The maximum atomic E-state index is 13.1. The molecule has 0 unspecified atom stereocenters. The van der Waals surface area contributed by atoms with Gasteiger partial charge in [-0.25, -0.2) is 4.39 Å². The Labute approximate surface area is 159 Å². The van der Waals surface area contributed by atoms with Crippen molar-refractivity contribution in [3.05, 3.63) is 71.7 Å². The fraction of sp³-hybridized carbons (Fsp3) is 0.318. The van der Waals surface area contributed by atoms with Crippen LogP contribution in [-0.4, -0.2) is 24.0 Å². The van der Waals surface area contributed by atoms with Gasteiger partial charge in [-0.15, -0.1) is 0 Å². The number of H-pyrrole nitrogens is 1. The Morgan fingerprint density at radius 2 is 1.89 bits per heavy atom. The lowest BCUT2D eigenvalue weighted by Gasteiger charge is -2.19. The zero-order valence-electron chi connectivity index (χ0n) is 15.8. The molecule has 1 aromatic heterocycles. The molecule has 0 aliphatic carbocycles. The van der Waals surface area contributed by atoms with E-state index in [9.17, 15) is 9.18 Å². The molecule has 4 N–H and O–H groups in total. The van der Waals surface area contributed by atoms with Gasteiger partial charge in [-0.1, -0.05) is 44.2 Å². The highest BCUT2D eigenvalue weighted by Gasteiger charge is 2.20. The summed E-state index contributed by atoms with van der Waals surface area (Å²) in [5, 5.41) is 6.23. The predicted molar refractivity (Wildman–Crippen MR) is 106 cm³/mol. The van der Waals surface area contributed by atoms with Gasteiger partial charge in [0.1, 0.15) is 11.9 Å². The molecule has 5 heteroatoms. The lowest BCUT2D eigenvalue weighted by Crippen LogP contribution is -2.88. The van der Waals surface area contributed by atoms with Crippen LogP contribution >= 0.6 is 0 Å². The second-order valence-corrected chi connectivity index (χ2v) is 7.22. The quantitative estimate of drug-likeness (QED) is 0.562. The van der Waals surface area contributed by atoms with E-state index in [4.69, 9.17) is 0 Å². The van der Waals surface area contributed by atoms with Crippen LogP contribution in [0.25, 0.3) is 10.9 Å². The fourth-order valence-corrected chi connectivity index (χ4v) is 3.46. The third-order valence-corrected chi connectivity index (χ3v) is 4.92. The van der Waals surface area contributed by atoms with Gasteiger partial charge < -0.3 is 15.6 Å².